The van der Waals surface area contributed by atoms with Gasteiger partial charge in [-0.3, -0.25) is 4.79 Å². The molecule has 3 amide bonds. The first-order valence-corrected chi connectivity index (χ1v) is 12.6. The number of terminal acetylenes is 1. The maximum absolute atomic E-state index is 12.6. The summed E-state index contributed by atoms with van der Waals surface area (Å²) in [6, 6.07) is 6.75. The molecule has 1 heterocycles. The zero-order chi connectivity index (χ0) is 29.9. The van der Waals surface area contributed by atoms with E-state index in [2.05, 4.69) is 27.1 Å². The normalized spacial score (nSPS) is 14.4. The summed E-state index contributed by atoms with van der Waals surface area (Å²) in [6.45, 7) is 3.12. The van der Waals surface area contributed by atoms with Crippen LogP contribution in [0.2, 0.25) is 5.02 Å². The lowest BCUT2D eigenvalue weighted by Crippen LogP contribution is -2.45. The fourth-order valence-corrected chi connectivity index (χ4v) is 4.10. The van der Waals surface area contributed by atoms with Crippen LogP contribution < -0.4 is 35.0 Å². The highest BCUT2D eigenvalue weighted by Crippen LogP contribution is 2.36. The Morgan fingerprint density at radius 1 is 1.15 bits per heavy atom. The van der Waals surface area contributed by atoms with Crippen LogP contribution >= 0.6 is 11.6 Å². The maximum Gasteiger partial charge on any atom is 0.338 e. The van der Waals surface area contributed by atoms with Gasteiger partial charge in [0.15, 0.2) is 29.6 Å². The number of carbonyl (C=O) groups excluding carboxylic acids is 3. The molecule has 1 aliphatic rings. The van der Waals surface area contributed by atoms with E-state index in [-0.39, 0.29) is 41.9 Å². The molecule has 0 unspecified atom stereocenters. The number of halogens is 1. The van der Waals surface area contributed by atoms with Crippen molar-refractivity contribution < 1.29 is 38.1 Å². The van der Waals surface area contributed by atoms with E-state index in [4.69, 9.17) is 41.7 Å². The molecule has 216 valence electrons. The van der Waals surface area contributed by atoms with Crippen molar-refractivity contribution in [3.05, 3.63) is 57.8 Å². The van der Waals surface area contributed by atoms with Crippen molar-refractivity contribution in [2.24, 2.45) is 5.10 Å². The minimum Gasteiger partial charge on any atom is -0.493 e. The number of benzene rings is 2. The van der Waals surface area contributed by atoms with Gasteiger partial charge in [-0.25, -0.2) is 15.0 Å². The first-order chi connectivity index (χ1) is 19.7. The van der Waals surface area contributed by atoms with Crippen molar-refractivity contribution in [1.82, 2.24) is 16.1 Å². The number of rotatable bonds is 12. The SMILES string of the molecule is C#CCOc1c(Cl)cc(/C=N\NC(=O)COc2ccc([C@@H]3NC(=O)NC(C)=C3C(=O)OCC)cc2OC)cc1OC. The summed E-state index contributed by atoms with van der Waals surface area (Å²) in [6.07, 6.45) is 6.59. The molecule has 41 heavy (non-hydrogen) atoms. The summed E-state index contributed by atoms with van der Waals surface area (Å²) in [5, 5.41) is 9.47. The van der Waals surface area contributed by atoms with Crippen LogP contribution in [0.25, 0.3) is 0 Å². The first kappa shape index (κ1) is 30.6. The molecule has 0 radical (unpaired) electrons. The summed E-state index contributed by atoms with van der Waals surface area (Å²) < 4.78 is 26.9. The van der Waals surface area contributed by atoms with Crippen LogP contribution in [0.1, 0.15) is 31.0 Å². The van der Waals surface area contributed by atoms with E-state index < -0.39 is 23.9 Å². The number of methoxy groups -OCH3 is 2. The predicted molar refractivity (Wildman–Crippen MR) is 150 cm³/mol. The van der Waals surface area contributed by atoms with Gasteiger partial charge in [-0.1, -0.05) is 23.6 Å². The van der Waals surface area contributed by atoms with Gasteiger partial charge in [-0.05, 0) is 49.2 Å². The van der Waals surface area contributed by atoms with Gasteiger partial charge in [-0.15, -0.1) is 6.42 Å². The lowest BCUT2D eigenvalue weighted by atomic mass is 9.95. The van der Waals surface area contributed by atoms with E-state index in [1.807, 2.05) is 0 Å². The lowest BCUT2D eigenvalue weighted by Gasteiger charge is -2.28. The number of esters is 1. The van der Waals surface area contributed by atoms with E-state index in [0.717, 1.165) is 0 Å². The second-order valence-corrected chi connectivity index (χ2v) is 8.72. The Bertz CT molecular complexity index is 1420. The molecule has 3 rings (SSSR count). The largest absolute Gasteiger partial charge is 0.493 e. The minimum atomic E-state index is -0.784. The van der Waals surface area contributed by atoms with E-state index in [1.165, 1.54) is 20.4 Å². The summed E-state index contributed by atoms with van der Waals surface area (Å²) in [5.74, 6) is 2.43. The van der Waals surface area contributed by atoms with Gasteiger partial charge < -0.3 is 34.3 Å². The zero-order valence-electron chi connectivity index (χ0n) is 22.8. The molecule has 1 aliphatic heterocycles. The zero-order valence-corrected chi connectivity index (χ0v) is 23.6. The van der Waals surface area contributed by atoms with Crippen LogP contribution in [0, 0.1) is 12.3 Å². The van der Waals surface area contributed by atoms with Crippen molar-refractivity contribution >= 4 is 35.7 Å². The maximum atomic E-state index is 12.6. The second-order valence-electron chi connectivity index (χ2n) is 8.31. The van der Waals surface area contributed by atoms with E-state index >= 15 is 0 Å². The smallest absolute Gasteiger partial charge is 0.338 e. The van der Waals surface area contributed by atoms with E-state index in [9.17, 15) is 14.4 Å². The molecule has 1 atom stereocenters. The van der Waals surface area contributed by atoms with Gasteiger partial charge in [0.2, 0.25) is 0 Å². The first-order valence-electron chi connectivity index (χ1n) is 12.2. The van der Waals surface area contributed by atoms with Gasteiger partial charge >= 0.3 is 12.0 Å². The Balaban J connectivity index is 1.67. The molecule has 0 saturated carbocycles. The van der Waals surface area contributed by atoms with Crippen molar-refractivity contribution in [3.63, 3.8) is 0 Å². The molecule has 2 aromatic carbocycles. The Kier molecular flexibility index (Phi) is 10.8. The number of urea groups is 1. The molecule has 0 bridgehead atoms. The topological polar surface area (TPSA) is 146 Å². The third kappa shape index (κ3) is 7.83. The van der Waals surface area contributed by atoms with Crippen molar-refractivity contribution in [2.45, 2.75) is 19.9 Å². The van der Waals surface area contributed by atoms with Crippen LogP contribution in [-0.4, -0.2) is 58.2 Å². The third-order valence-electron chi connectivity index (χ3n) is 5.60. The van der Waals surface area contributed by atoms with Gasteiger partial charge in [0.25, 0.3) is 5.91 Å². The number of hydrogen-bond acceptors (Lipinski definition) is 9. The van der Waals surface area contributed by atoms with Gasteiger partial charge in [0.05, 0.1) is 43.7 Å². The number of hydrazone groups is 1. The fourth-order valence-electron chi connectivity index (χ4n) is 3.83. The standard InChI is InChI=1S/C28H29ClN4O8/c1-6-10-40-26-19(29)11-17(12-22(26)38-5)14-30-33-23(34)15-41-20-9-8-18(13-21(20)37-4)25-24(27(35)39-7-2)16(3)31-28(36)32-25/h1,8-9,11-14,25H,7,10,15H2,2-5H3,(H,33,34)(H2,31,32,36)/b30-14-/t25-/m0/s1. The summed E-state index contributed by atoms with van der Waals surface area (Å²) >= 11 is 6.25. The Hall–Kier alpha value is -4.89. The van der Waals surface area contributed by atoms with Gasteiger partial charge in [0, 0.05) is 5.70 Å². The molecule has 0 spiro atoms. The minimum absolute atomic E-state index is 0.0209. The average molecular weight is 585 g/mol. The van der Waals surface area contributed by atoms with Crippen molar-refractivity contribution in [2.75, 3.05) is 34.0 Å². The number of carbonyl (C=O) groups is 3. The monoisotopic (exact) mass is 584 g/mol. The molecule has 13 heteroatoms. The van der Waals surface area contributed by atoms with Crippen molar-refractivity contribution in [1.29, 1.82) is 0 Å². The van der Waals surface area contributed by atoms with E-state index in [0.29, 0.717) is 28.3 Å². The number of ether oxygens (including phenoxy) is 5. The second kappa shape index (κ2) is 14.5. The quantitative estimate of drug-likeness (QED) is 0.149. The Morgan fingerprint density at radius 2 is 1.90 bits per heavy atom. The lowest BCUT2D eigenvalue weighted by molar-refractivity contribution is -0.139. The highest BCUT2D eigenvalue weighted by atomic mass is 35.5. The van der Waals surface area contributed by atoms with Crippen LogP contribution in [0.15, 0.2) is 46.7 Å². The third-order valence-corrected chi connectivity index (χ3v) is 5.88. The number of allylic oxidation sites excluding steroid dienone is 1. The van der Waals surface area contributed by atoms with Gasteiger partial charge in [-0.2, -0.15) is 5.10 Å². The molecular weight excluding hydrogens is 556 g/mol. The molecule has 2 aromatic rings. The molecule has 12 nitrogen and oxygen atoms in total. The molecule has 0 saturated heterocycles. The number of hydrogen-bond donors (Lipinski definition) is 3. The molecule has 0 aromatic heterocycles. The van der Waals surface area contributed by atoms with Crippen LogP contribution in [0.3, 0.4) is 0 Å². The van der Waals surface area contributed by atoms with Crippen LogP contribution in [-0.2, 0) is 14.3 Å². The summed E-state index contributed by atoms with van der Waals surface area (Å²) in [7, 11) is 2.88. The van der Waals surface area contributed by atoms with Crippen LogP contribution in [0.4, 0.5) is 4.79 Å². The molecule has 0 aliphatic carbocycles. The molecular formula is C28H29ClN4O8. The highest BCUT2D eigenvalue weighted by molar-refractivity contribution is 6.32. The summed E-state index contributed by atoms with van der Waals surface area (Å²) in [4.78, 5) is 37.0. The summed E-state index contributed by atoms with van der Waals surface area (Å²) in [5.41, 5.74) is 4.08. The average Bonchev–Trinajstić information content (AvgIpc) is 2.94. The Morgan fingerprint density at radius 3 is 2.59 bits per heavy atom. The predicted octanol–water partition coefficient (Wildman–Crippen LogP) is 3.09. The Labute approximate surface area is 242 Å². The van der Waals surface area contributed by atoms with Gasteiger partial charge in [0.1, 0.15) is 6.61 Å². The number of amides is 3. The molecule has 0 fully saturated rings. The molecule has 3 N–H and O–H groups in total. The fraction of sp³-hybridized carbons (Fsp3) is 0.286. The highest BCUT2D eigenvalue weighted by Gasteiger charge is 2.32. The number of nitrogens with one attached hydrogen (secondary N) is 3. The number of nitrogens with zero attached hydrogens (tertiary/aromatic N) is 1. The van der Waals surface area contributed by atoms with Crippen LogP contribution in [0.5, 0.6) is 23.0 Å². The van der Waals surface area contributed by atoms with Crippen molar-refractivity contribution in [3.8, 4) is 35.3 Å². The van der Waals surface area contributed by atoms with E-state index in [1.54, 1.807) is 44.2 Å².